The quantitative estimate of drug-likeness (QED) is 0.841. The molecule has 1 amide bonds. The van der Waals surface area contributed by atoms with E-state index in [1.54, 1.807) is 0 Å². The van der Waals surface area contributed by atoms with E-state index in [1.807, 2.05) is 6.92 Å². The molecule has 1 saturated heterocycles. The summed E-state index contributed by atoms with van der Waals surface area (Å²) in [5.74, 6) is -1.77. The molecule has 122 valence electrons. The Hall–Kier alpha value is -1.63. The van der Waals surface area contributed by atoms with Gasteiger partial charge in [0.1, 0.15) is 5.82 Å². The maximum absolute atomic E-state index is 13.3. The second-order valence-electron chi connectivity index (χ2n) is 5.97. The van der Waals surface area contributed by atoms with Crippen molar-refractivity contribution in [2.75, 3.05) is 19.6 Å². The fraction of sp³-hybridized carbons (Fsp3) is 0.533. The van der Waals surface area contributed by atoms with Crippen LogP contribution in [0, 0.1) is 11.2 Å². The van der Waals surface area contributed by atoms with Crippen LogP contribution in [0.15, 0.2) is 18.2 Å². The summed E-state index contributed by atoms with van der Waals surface area (Å²) < 4.78 is 51.2. The Labute approximate surface area is 126 Å². The van der Waals surface area contributed by atoms with E-state index in [-0.39, 0.29) is 11.0 Å². The van der Waals surface area contributed by atoms with Gasteiger partial charge >= 0.3 is 6.18 Å². The molecule has 1 aliphatic heterocycles. The van der Waals surface area contributed by atoms with Crippen LogP contribution in [0.5, 0.6) is 0 Å². The maximum Gasteiger partial charge on any atom is 0.416 e. The van der Waals surface area contributed by atoms with Gasteiger partial charge in [0.25, 0.3) is 5.91 Å². The van der Waals surface area contributed by atoms with Crippen molar-refractivity contribution in [3.05, 3.63) is 35.1 Å². The number of benzene rings is 1. The lowest BCUT2D eigenvalue weighted by Crippen LogP contribution is -2.42. The molecule has 2 rings (SSSR count). The molecule has 0 unspecified atom stereocenters. The average Bonchev–Trinajstić information content (AvgIpc) is 2.44. The third-order valence-electron chi connectivity index (χ3n) is 3.97. The fourth-order valence-corrected chi connectivity index (χ4v) is 2.49. The zero-order valence-electron chi connectivity index (χ0n) is 12.2. The first kappa shape index (κ1) is 16.7. The lowest BCUT2D eigenvalue weighted by atomic mass is 9.81. The third kappa shape index (κ3) is 4.19. The molecule has 1 aliphatic rings. The highest BCUT2D eigenvalue weighted by Crippen LogP contribution is 2.31. The zero-order valence-corrected chi connectivity index (χ0v) is 12.2. The molecule has 1 aromatic rings. The summed E-state index contributed by atoms with van der Waals surface area (Å²) in [6, 6.07) is 1.86. The molecule has 0 aliphatic carbocycles. The Kier molecular flexibility index (Phi) is 4.75. The second-order valence-corrected chi connectivity index (χ2v) is 5.97. The first-order valence-electron chi connectivity index (χ1n) is 7.06. The van der Waals surface area contributed by atoms with Crippen LogP contribution < -0.4 is 10.6 Å². The lowest BCUT2D eigenvalue weighted by Gasteiger charge is -2.34. The first-order chi connectivity index (χ1) is 10.2. The smallest absolute Gasteiger partial charge is 0.351 e. The van der Waals surface area contributed by atoms with Crippen molar-refractivity contribution >= 4 is 5.91 Å². The number of carbonyl (C=O) groups excluding carboxylic acids is 1. The van der Waals surface area contributed by atoms with Crippen molar-refractivity contribution in [2.24, 2.45) is 5.41 Å². The van der Waals surface area contributed by atoms with Crippen molar-refractivity contribution in [3.8, 4) is 0 Å². The minimum absolute atomic E-state index is 0.0961. The van der Waals surface area contributed by atoms with Gasteiger partial charge in [0.2, 0.25) is 0 Å². The van der Waals surface area contributed by atoms with Gasteiger partial charge in [0.15, 0.2) is 0 Å². The van der Waals surface area contributed by atoms with Crippen molar-refractivity contribution in [2.45, 2.75) is 25.9 Å². The highest BCUT2D eigenvalue weighted by molar-refractivity contribution is 5.94. The van der Waals surface area contributed by atoms with Crippen LogP contribution >= 0.6 is 0 Å². The number of hydrogen-bond donors (Lipinski definition) is 2. The van der Waals surface area contributed by atoms with Crippen LogP contribution in [0.25, 0.3) is 0 Å². The molecule has 2 N–H and O–H groups in total. The largest absolute Gasteiger partial charge is 0.416 e. The first-order valence-corrected chi connectivity index (χ1v) is 7.06. The number of hydrogen-bond acceptors (Lipinski definition) is 2. The normalized spacial score (nSPS) is 18.0. The fourth-order valence-electron chi connectivity index (χ4n) is 2.49. The van der Waals surface area contributed by atoms with Gasteiger partial charge in [0.05, 0.1) is 5.56 Å². The van der Waals surface area contributed by atoms with Crippen molar-refractivity contribution < 1.29 is 22.4 Å². The number of nitrogens with one attached hydrogen (secondary N) is 2. The SMILES string of the molecule is CC1(CNC(=O)c2cc(F)cc(C(F)(F)F)c2)CCNCC1. The molecule has 0 atom stereocenters. The standard InChI is InChI=1S/C15H18F4N2O/c1-14(2-4-20-5-3-14)9-21-13(22)10-6-11(15(17,18)19)8-12(16)7-10/h6-8,20H,2-5,9H2,1H3,(H,21,22). The van der Waals surface area contributed by atoms with Crippen LogP contribution in [0.3, 0.4) is 0 Å². The Morgan fingerprint density at radius 2 is 1.91 bits per heavy atom. The summed E-state index contributed by atoms with van der Waals surface area (Å²) in [6.45, 7) is 4.04. The summed E-state index contributed by atoms with van der Waals surface area (Å²) in [7, 11) is 0. The van der Waals surface area contributed by atoms with Crippen LogP contribution in [-0.4, -0.2) is 25.5 Å². The van der Waals surface area contributed by atoms with E-state index in [4.69, 9.17) is 0 Å². The molecule has 0 aromatic heterocycles. The number of piperidine rings is 1. The minimum atomic E-state index is -4.68. The molecule has 1 aromatic carbocycles. The predicted octanol–water partition coefficient (Wildman–Crippen LogP) is 2.96. The third-order valence-corrected chi connectivity index (χ3v) is 3.97. The van der Waals surface area contributed by atoms with Gasteiger partial charge in [-0.25, -0.2) is 4.39 Å². The predicted molar refractivity (Wildman–Crippen MR) is 73.9 cm³/mol. The van der Waals surface area contributed by atoms with Gasteiger partial charge in [-0.05, 0) is 49.5 Å². The van der Waals surface area contributed by atoms with Crippen LogP contribution in [-0.2, 0) is 6.18 Å². The van der Waals surface area contributed by atoms with Gasteiger partial charge in [0, 0.05) is 12.1 Å². The number of halogens is 4. The monoisotopic (exact) mass is 318 g/mol. The number of carbonyl (C=O) groups is 1. The van der Waals surface area contributed by atoms with Gasteiger partial charge in [-0.3, -0.25) is 4.79 Å². The number of alkyl halides is 3. The zero-order chi connectivity index (χ0) is 16.4. The Morgan fingerprint density at radius 3 is 2.50 bits per heavy atom. The van der Waals surface area contributed by atoms with E-state index in [9.17, 15) is 22.4 Å². The molecular weight excluding hydrogens is 300 g/mol. The van der Waals surface area contributed by atoms with Gasteiger partial charge < -0.3 is 10.6 Å². The van der Waals surface area contributed by atoms with Gasteiger partial charge in [-0.15, -0.1) is 0 Å². The molecule has 1 fully saturated rings. The van der Waals surface area contributed by atoms with Crippen LogP contribution in [0.1, 0.15) is 35.7 Å². The highest BCUT2D eigenvalue weighted by Gasteiger charge is 2.32. The molecule has 0 radical (unpaired) electrons. The molecule has 0 bridgehead atoms. The summed E-state index contributed by atoms with van der Waals surface area (Å²) in [5, 5.41) is 5.82. The molecule has 0 saturated carbocycles. The molecular formula is C15H18F4N2O. The molecule has 7 heteroatoms. The van der Waals surface area contributed by atoms with Crippen molar-refractivity contribution in [3.63, 3.8) is 0 Å². The van der Waals surface area contributed by atoms with E-state index >= 15 is 0 Å². The Morgan fingerprint density at radius 1 is 1.27 bits per heavy atom. The highest BCUT2D eigenvalue weighted by atomic mass is 19.4. The Balaban J connectivity index is 2.08. The van der Waals surface area contributed by atoms with E-state index in [2.05, 4.69) is 10.6 Å². The van der Waals surface area contributed by atoms with Gasteiger partial charge in [-0.1, -0.05) is 6.92 Å². The molecule has 3 nitrogen and oxygen atoms in total. The maximum atomic E-state index is 13.3. The van der Waals surface area contributed by atoms with E-state index < -0.39 is 23.5 Å². The van der Waals surface area contributed by atoms with E-state index in [1.165, 1.54) is 0 Å². The summed E-state index contributed by atoms with van der Waals surface area (Å²) in [4.78, 5) is 12.0. The summed E-state index contributed by atoms with van der Waals surface area (Å²) >= 11 is 0. The topological polar surface area (TPSA) is 41.1 Å². The number of amides is 1. The van der Waals surface area contributed by atoms with E-state index in [0.29, 0.717) is 18.7 Å². The number of rotatable bonds is 3. The summed E-state index contributed by atoms with van der Waals surface area (Å²) in [5.41, 5.74) is -1.57. The van der Waals surface area contributed by atoms with Gasteiger partial charge in [-0.2, -0.15) is 13.2 Å². The molecule has 1 heterocycles. The Bertz CT molecular complexity index is 551. The summed E-state index contributed by atoms with van der Waals surface area (Å²) in [6.07, 6.45) is -2.95. The van der Waals surface area contributed by atoms with Crippen LogP contribution in [0.2, 0.25) is 0 Å². The average molecular weight is 318 g/mol. The van der Waals surface area contributed by atoms with Crippen molar-refractivity contribution in [1.29, 1.82) is 0 Å². The van der Waals surface area contributed by atoms with Crippen molar-refractivity contribution in [1.82, 2.24) is 10.6 Å². The van der Waals surface area contributed by atoms with Crippen LogP contribution in [0.4, 0.5) is 17.6 Å². The second kappa shape index (κ2) is 6.24. The lowest BCUT2D eigenvalue weighted by molar-refractivity contribution is -0.137. The molecule has 22 heavy (non-hydrogen) atoms. The molecule has 0 spiro atoms. The van der Waals surface area contributed by atoms with E-state index in [0.717, 1.165) is 32.0 Å². The minimum Gasteiger partial charge on any atom is -0.351 e.